The molecule has 17 heavy (non-hydrogen) atoms. The van der Waals surface area contributed by atoms with E-state index in [4.69, 9.17) is 18.6 Å². The van der Waals surface area contributed by atoms with Gasteiger partial charge < -0.3 is 9.51 Å². The highest BCUT2D eigenvalue weighted by Crippen LogP contribution is 1.91. The second kappa shape index (κ2) is 7.63. The molecule has 1 aromatic rings. The molecule has 0 aromatic heterocycles. The summed E-state index contributed by atoms with van der Waals surface area (Å²) < 4.78 is 47.1. The maximum Gasteiger partial charge on any atom is 0.530 e. The topological polar surface area (TPSA) is 117 Å². The Balaban J connectivity index is 2.64. The normalized spacial score (nSPS) is 14.2. The molecule has 1 aromatic carbocycles. The molecule has 0 heterocycles. The molecule has 0 saturated heterocycles. The lowest BCUT2D eigenvalue weighted by atomic mass is 9.80. The van der Waals surface area contributed by atoms with Crippen molar-refractivity contribution in [3.8, 4) is 0 Å². The summed E-state index contributed by atoms with van der Waals surface area (Å²) in [5, 5.41) is 0. The van der Waals surface area contributed by atoms with Crippen LogP contribution >= 0.6 is 0 Å². The van der Waals surface area contributed by atoms with E-state index in [9.17, 15) is 8.42 Å². The Morgan fingerprint density at radius 3 is 1.88 bits per heavy atom. The number of hydrogen-bond acceptors (Lipinski definition) is 4. The molecule has 0 aliphatic rings. The first kappa shape index (κ1) is 14.4. The number of hydrogen-bond donors (Lipinski definition) is 4. The van der Waals surface area contributed by atoms with E-state index in [2.05, 4.69) is 0 Å². The summed E-state index contributed by atoms with van der Waals surface area (Å²) in [5.74, 6) is 0. The SMILES string of the molecule is O=S(O)NOB(ONS(=O)O)c1ccccc1. The van der Waals surface area contributed by atoms with Crippen LogP contribution < -0.4 is 15.2 Å². The molecule has 2 unspecified atom stereocenters. The molecule has 0 bridgehead atoms. The van der Waals surface area contributed by atoms with Gasteiger partial charge in [0.05, 0.1) is 0 Å². The second-order valence-electron chi connectivity index (χ2n) is 2.64. The Labute approximate surface area is 103 Å². The first-order chi connectivity index (χ1) is 8.09. The highest BCUT2D eigenvalue weighted by atomic mass is 32.2. The monoisotopic (exact) mass is 280 g/mol. The van der Waals surface area contributed by atoms with Gasteiger partial charge in [0.2, 0.25) is 0 Å². The lowest BCUT2D eigenvalue weighted by Gasteiger charge is -2.12. The number of benzene rings is 1. The van der Waals surface area contributed by atoms with Crippen LogP contribution in [0.2, 0.25) is 0 Å². The highest BCUT2D eigenvalue weighted by molar-refractivity contribution is 7.77. The zero-order valence-corrected chi connectivity index (χ0v) is 9.94. The Bertz CT molecular complexity index is 375. The maximum absolute atomic E-state index is 10.4. The highest BCUT2D eigenvalue weighted by Gasteiger charge is 2.23. The summed E-state index contributed by atoms with van der Waals surface area (Å²) in [5.41, 5.74) is 0.475. The van der Waals surface area contributed by atoms with Gasteiger partial charge in [0.15, 0.2) is 0 Å². The molecule has 1 rings (SSSR count). The minimum atomic E-state index is -2.39. The molecule has 94 valence electrons. The minimum absolute atomic E-state index is 0.475. The van der Waals surface area contributed by atoms with Crippen LogP contribution in [0.25, 0.3) is 0 Å². The van der Waals surface area contributed by atoms with E-state index in [0.717, 1.165) is 0 Å². The fourth-order valence-electron chi connectivity index (χ4n) is 0.940. The zero-order valence-electron chi connectivity index (χ0n) is 8.31. The van der Waals surface area contributed by atoms with E-state index in [1.165, 1.54) is 0 Å². The van der Waals surface area contributed by atoms with E-state index in [0.29, 0.717) is 5.46 Å². The van der Waals surface area contributed by atoms with Crippen molar-refractivity contribution in [1.29, 1.82) is 0 Å². The largest absolute Gasteiger partial charge is 0.530 e. The summed E-state index contributed by atoms with van der Waals surface area (Å²) in [6.45, 7) is 0. The molecule has 0 radical (unpaired) electrons. The van der Waals surface area contributed by atoms with Gasteiger partial charge in [-0.3, -0.25) is 9.11 Å². The van der Waals surface area contributed by atoms with Crippen LogP contribution in [0.5, 0.6) is 0 Å². The maximum atomic E-state index is 10.4. The van der Waals surface area contributed by atoms with Crippen LogP contribution in [0.4, 0.5) is 0 Å². The van der Waals surface area contributed by atoms with E-state index < -0.39 is 29.7 Å². The van der Waals surface area contributed by atoms with Crippen molar-refractivity contribution in [2.24, 2.45) is 0 Å². The van der Waals surface area contributed by atoms with Crippen molar-refractivity contribution in [2.45, 2.75) is 0 Å². The zero-order chi connectivity index (χ0) is 12.7. The van der Waals surface area contributed by atoms with E-state index in [1.54, 1.807) is 40.1 Å². The van der Waals surface area contributed by atoms with E-state index >= 15 is 0 Å². The summed E-state index contributed by atoms with van der Waals surface area (Å²) in [6.07, 6.45) is 0. The van der Waals surface area contributed by atoms with Crippen molar-refractivity contribution in [1.82, 2.24) is 9.77 Å². The third-order valence-corrected chi connectivity index (χ3v) is 2.00. The Morgan fingerprint density at radius 1 is 1.00 bits per heavy atom. The van der Waals surface area contributed by atoms with Gasteiger partial charge in [-0.1, -0.05) is 30.3 Å². The molecule has 0 saturated carbocycles. The first-order valence-electron chi connectivity index (χ1n) is 4.19. The van der Waals surface area contributed by atoms with Gasteiger partial charge in [0.25, 0.3) is 22.5 Å². The predicted octanol–water partition coefficient (Wildman–Crippen LogP) is -1.30. The van der Waals surface area contributed by atoms with Gasteiger partial charge in [-0.25, -0.2) is 8.42 Å². The van der Waals surface area contributed by atoms with Crippen LogP contribution in [0, 0.1) is 0 Å². The molecular formula is C6H9BN2O6S2. The molecule has 0 aliphatic carbocycles. The van der Waals surface area contributed by atoms with Crippen LogP contribution in [-0.4, -0.2) is 24.6 Å². The van der Waals surface area contributed by atoms with Crippen molar-refractivity contribution in [2.75, 3.05) is 0 Å². The molecule has 2 atom stereocenters. The van der Waals surface area contributed by atoms with E-state index in [-0.39, 0.29) is 0 Å². The summed E-state index contributed by atoms with van der Waals surface area (Å²) in [6, 6.07) is 8.32. The molecule has 0 aliphatic heterocycles. The summed E-state index contributed by atoms with van der Waals surface area (Å²) >= 11 is -4.79. The predicted molar refractivity (Wildman–Crippen MR) is 61.8 cm³/mol. The molecule has 11 heteroatoms. The lowest BCUT2D eigenvalue weighted by molar-refractivity contribution is 0.157. The second-order valence-corrected chi connectivity index (χ2v) is 3.97. The Kier molecular flexibility index (Phi) is 6.46. The lowest BCUT2D eigenvalue weighted by Crippen LogP contribution is -2.45. The van der Waals surface area contributed by atoms with E-state index in [1.807, 2.05) is 0 Å². The minimum Gasteiger partial charge on any atom is -0.307 e. The third-order valence-electron chi connectivity index (χ3n) is 1.52. The molecule has 4 N–H and O–H groups in total. The fraction of sp³-hybridized carbons (Fsp3) is 0. The Hall–Kier alpha value is -0.655. The summed E-state index contributed by atoms with van der Waals surface area (Å²) in [7, 11) is -1.16. The van der Waals surface area contributed by atoms with Crippen molar-refractivity contribution in [3.63, 3.8) is 0 Å². The smallest absolute Gasteiger partial charge is 0.307 e. The van der Waals surface area contributed by atoms with Gasteiger partial charge >= 0.3 is 7.12 Å². The average Bonchev–Trinajstić information content (AvgIpc) is 2.29. The van der Waals surface area contributed by atoms with Gasteiger partial charge in [-0.05, 0) is 5.46 Å². The van der Waals surface area contributed by atoms with Crippen LogP contribution in [0.15, 0.2) is 30.3 Å². The van der Waals surface area contributed by atoms with Gasteiger partial charge in [-0.2, -0.15) is 0 Å². The van der Waals surface area contributed by atoms with Crippen molar-refractivity contribution >= 4 is 35.1 Å². The molecule has 0 spiro atoms. The molecule has 8 nitrogen and oxygen atoms in total. The molecule has 0 fully saturated rings. The van der Waals surface area contributed by atoms with Gasteiger partial charge in [0.1, 0.15) is 0 Å². The molecule has 0 amide bonds. The van der Waals surface area contributed by atoms with Crippen molar-refractivity contribution in [3.05, 3.63) is 30.3 Å². The summed E-state index contributed by atoms with van der Waals surface area (Å²) in [4.78, 5) is 3.50. The van der Waals surface area contributed by atoms with Crippen LogP contribution in [0.1, 0.15) is 0 Å². The third kappa shape index (κ3) is 6.00. The number of rotatable bonds is 7. The van der Waals surface area contributed by atoms with Crippen LogP contribution in [-0.2, 0) is 32.0 Å². The van der Waals surface area contributed by atoms with Gasteiger partial charge in [-0.15, -0.1) is 9.77 Å². The average molecular weight is 280 g/mol. The fourth-order valence-corrected chi connectivity index (χ4v) is 1.28. The Morgan fingerprint density at radius 2 is 1.47 bits per heavy atom. The standard InChI is InChI=1S/C6H9BN2O6S2/c10-16(11)8-14-7(15-9-17(12)13)6-4-2-1-3-5-6/h1-5,8-9H,(H,10,11)(H,12,13). The van der Waals surface area contributed by atoms with Gasteiger partial charge in [0, 0.05) is 0 Å². The first-order valence-corrected chi connectivity index (χ1v) is 6.40. The number of nitrogens with one attached hydrogen (secondary N) is 2. The molecular weight excluding hydrogens is 271 g/mol. The van der Waals surface area contributed by atoms with Crippen molar-refractivity contribution < 1.29 is 27.0 Å². The quantitative estimate of drug-likeness (QED) is 0.280. The van der Waals surface area contributed by atoms with Crippen LogP contribution in [0.3, 0.4) is 0 Å².